The van der Waals surface area contributed by atoms with E-state index in [1.54, 1.807) is 11.3 Å². The molecule has 0 aromatic carbocycles. The van der Waals surface area contributed by atoms with Crippen molar-refractivity contribution >= 4 is 45.5 Å². The van der Waals surface area contributed by atoms with Crippen LogP contribution in [0.25, 0.3) is 0 Å². The lowest BCUT2D eigenvalue weighted by Crippen LogP contribution is -2.09. The zero-order valence-corrected chi connectivity index (χ0v) is 10.3. The topological polar surface area (TPSA) is 12.9 Å². The van der Waals surface area contributed by atoms with Crippen molar-refractivity contribution in [2.45, 2.75) is 26.2 Å². The van der Waals surface area contributed by atoms with Crippen LogP contribution >= 0.6 is 45.5 Å². The first-order valence-corrected chi connectivity index (χ1v) is 5.51. The minimum Gasteiger partial charge on any atom is -0.228 e. The Labute approximate surface area is 89.3 Å². The summed E-state index contributed by atoms with van der Waals surface area (Å²) in [6.45, 7) is 6.41. The first-order valence-electron chi connectivity index (χ1n) is 3.23. The van der Waals surface area contributed by atoms with E-state index in [2.05, 4.69) is 48.3 Å². The van der Waals surface area contributed by atoms with Gasteiger partial charge in [0, 0.05) is 5.41 Å². The summed E-state index contributed by atoms with van der Waals surface area (Å²) in [7, 11) is 0. The normalized spacial score (nSPS) is 12.1. The summed E-state index contributed by atoms with van der Waals surface area (Å²) in [5.41, 5.74) is 0.123. The van der Waals surface area contributed by atoms with Crippen molar-refractivity contribution in [3.8, 4) is 0 Å². The molecule has 11 heavy (non-hydrogen) atoms. The third-order valence-corrected chi connectivity index (χ3v) is 4.34. The maximum atomic E-state index is 5.83. The van der Waals surface area contributed by atoms with E-state index >= 15 is 0 Å². The van der Waals surface area contributed by atoms with E-state index in [0.717, 1.165) is 7.89 Å². The van der Waals surface area contributed by atoms with Crippen molar-refractivity contribution in [1.82, 2.24) is 4.98 Å². The molecule has 0 bridgehead atoms. The van der Waals surface area contributed by atoms with Gasteiger partial charge in [0.2, 0.25) is 0 Å². The van der Waals surface area contributed by atoms with Crippen LogP contribution in [0.3, 0.4) is 0 Å². The predicted molar refractivity (Wildman–Crippen MR) is 58.5 cm³/mol. The van der Waals surface area contributed by atoms with Gasteiger partial charge in [0.25, 0.3) is 0 Å². The number of thiazole rings is 1. The minimum atomic E-state index is 0.123. The molecule has 1 rings (SSSR count). The maximum Gasteiger partial charge on any atom is 0.153 e. The number of halogens is 2. The van der Waals surface area contributed by atoms with Crippen molar-refractivity contribution in [1.29, 1.82) is 0 Å². The molecule has 1 aromatic rings. The van der Waals surface area contributed by atoms with E-state index in [4.69, 9.17) is 11.6 Å². The minimum absolute atomic E-state index is 0.123. The van der Waals surface area contributed by atoms with Gasteiger partial charge in [-0.2, -0.15) is 0 Å². The van der Waals surface area contributed by atoms with E-state index in [1.165, 1.54) is 0 Å². The Bertz CT molecular complexity index is 244. The standard InChI is InChI=1S/C7H9ClINS/c1-7(2,3)6-10-4(8)5(9)11-6/h1-3H3. The zero-order chi connectivity index (χ0) is 8.65. The molecular weight excluding hydrogens is 293 g/mol. The van der Waals surface area contributed by atoms with Gasteiger partial charge in [0.05, 0.1) is 0 Å². The van der Waals surface area contributed by atoms with Gasteiger partial charge in [-0.05, 0) is 22.6 Å². The fraction of sp³-hybridized carbons (Fsp3) is 0.571. The van der Waals surface area contributed by atoms with Crippen molar-refractivity contribution in [3.05, 3.63) is 13.0 Å². The van der Waals surface area contributed by atoms with Crippen LogP contribution in [0.15, 0.2) is 0 Å². The van der Waals surface area contributed by atoms with Gasteiger partial charge in [-0.3, -0.25) is 0 Å². The molecule has 62 valence electrons. The molecule has 0 radical (unpaired) electrons. The molecule has 0 aliphatic heterocycles. The first-order chi connectivity index (χ1) is 4.91. The third-order valence-electron chi connectivity index (χ3n) is 1.19. The summed E-state index contributed by atoms with van der Waals surface area (Å²) in [5.74, 6) is 0. The van der Waals surface area contributed by atoms with E-state index in [-0.39, 0.29) is 5.41 Å². The Kier molecular flexibility index (Phi) is 2.82. The van der Waals surface area contributed by atoms with Gasteiger partial charge in [-0.1, -0.05) is 32.4 Å². The largest absolute Gasteiger partial charge is 0.228 e. The van der Waals surface area contributed by atoms with Crippen molar-refractivity contribution in [2.24, 2.45) is 0 Å². The van der Waals surface area contributed by atoms with Crippen LogP contribution < -0.4 is 0 Å². The van der Waals surface area contributed by atoms with Crippen molar-refractivity contribution < 1.29 is 0 Å². The Hall–Kier alpha value is 0.650. The molecule has 0 amide bonds. The molecule has 0 N–H and O–H groups in total. The lowest BCUT2D eigenvalue weighted by molar-refractivity contribution is 0.585. The second-order valence-corrected chi connectivity index (χ2v) is 6.50. The van der Waals surface area contributed by atoms with Gasteiger partial charge in [-0.15, -0.1) is 11.3 Å². The number of aromatic nitrogens is 1. The molecule has 0 aliphatic rings. The number of hydrogen-bond donors (Lipinski definition) is 0. The number of nitrogens with zero attached hydrogens (tertiary/aromatic N) is 1. The summed E-state index contributed by atoms with van der Waals surface area (Å²) in [5, 5.41) is 1.74. The molecule has 0 unspecified atom stereocenters. The Morgan fingerprint density at radius 2 is 2.00 bits per heavy atom. The van der Waals surface area contributed by atoms with E-state index in [1.807, 2.05) is 0 Å². The Morgan fingerprint density at radius 3 is 2.18 bits per heavy atom. The molecule has 0 fully saturated rings. The van der Waals surface area contributed by atoms with Crippen LogP contribution in [-0.4, -0.2) is 4.98 Å². The Balaban J connectivity index is 3.08. The van der Waals surface area contributed by atoms with E-state index in [9.17, 15) is 0 Å². The molecule has 0 spiro atoms. The van der Waals surface area contributed by atoms with Crippen LogP contribution in [0.1, 0.15) is 25.8 Å². The van der Waals surface area contributed by atoms with Gasteiger partial charge in [0.15, 0.2) is 5.15 Å². The van der Waals surface area contributed by atoms with Crippen LogP contribution in [0.2, 0.25) is 5.15 Å². The third kappa shape index (κ3) is 2.29. The molecule has 1 heterocycles. The molecule has 0 aliphatic carbocycles. The average Bonchev–Trinajstić information content (AvgIpc) is 2.11. The Morgan fingerprint density at radius 1 is 1.45 bits per heavy atom. The predicted octanol–water partition coefficient (Wildman–Crippen LogP) is 3.70. The van der Waals surface area contributed by atoms with Crippen LogP contribution in [0.4, 0.5) is 0 Å². The maximum absolute atomic E-state index is 5.83. The van der Waals surface area contributed by atoms with Gasteiger partial charge in [-0.25, -0.2) is 4.98 Å². The van der Waals surface area contributed by atoms with Gasteiger partial charge in [0.1, 0.15) is 7.89 Å². The molecule has 4 heteroatoms. The van der Waals surface area contributed by atoms with Crippen molar-refractivity contribution in [3.63, 3.8) is 0 Å². The van der Waals surface area contributed by atoms with Crippen LogP contribution in [-0.2, 0) is 5.41 Å². The highest BCUT2D eigenvalue weighted by Crippen LogP contribution is 2.32. The summed E-state index contributed by atoms with van der Waals surface area (Å²) in [6, 6.07) is 0. The summed E-state index contributed by atoms with van der Waals surface area (Å²) < 4.78 is 1.08. The number of hydrogen-bond acceptors (Lipinski definition) is 2. The van der Waals surface area contributed by atoms with Gasteiger partial charge < -0.3 is 0 Å². The van der Waals surface area contributed by atoms with E-state index < -0.39 is 0 Å². The second-order valence-electron chi connectivity index (χ2n) is 3.33. The van der Waals surface area contributed by atoms with Crippen LogP contribution in [0.5, 0.6) is 0 Å². The van der Waals surface area contributed by atoms with Crippen molar-refractivity contribution in [2.75, 3.05) is 0 Å². The molecule has 1 aromatic heterocycles. The highest BCUT2D eigenvalue weighted by Gasteiger charge is 2.19. The number of rotatable bonds is 0. The quantitative estimate of drug-likeness (QED) is 0.666. The van der Waals surface area contributed by atoms with Gasteiger partial charge >= 0.3 is 0 Å². The lowest BCUT2D eigenvalue weighted by atomic mass is 9.98. The second kappa shape index (κ2) is 3.18. The molecule has 0 saturated carbocycles. The van der Waals surface area contributed by atoms with Crippen LogP contribution in [0, 0.1) is 2.88 Å². The highest BCUT2D eigenvalue weighted by atomic mass is 127. The summed E-state index contributed by atoms with van der Waals surface area (Å²) >= 11 is 9.70. The summed E-state index contributed by atoms with van der Waals surface area (Å²) in [4.78, 5) is 4.26. The highest BCUT2D eigenvalue weighted by molar-refractivity contribution is 14.1. The summed E-state index contributed by atoms with van der Waals surface area (Å²) in [6.07, 6.45) is 0. The first kappa shape index (κ1) is 9.74. The SMILES string of the molecule is CC(C)(C)c1nc(Cl)c(I)s1. The lowest BCUT2D eigenvalue weighted by Gasteiger charge is -2.13. The average molecular weight is 302 g/mol. The molecule has 0 atom stereocenters. The molecule has 0 saturated heterocycles. The smallest absolute Gasteiger partial charge is 0.153 e. The fourth-order valence-electron chi connectivity index (χ4n) is 0.604. The molecular formula is C7H9ClINS. The zero-order valence-electron chi connectivity index (χ0n) is 6.61. The fourth-order valence-corrected chi connectivity index (χ4v) is 2.34. The monoisotopic (exact) mass is 301 g/mol. The van der Waals surface area contributed by atoms with E-state index in [0.29, 0.717) is 5.15 Å². The molecule has 1 nitrogen and oxygen atoms in total.